The van der Waals surface area contributed by atoms with Gasteiger partial charge < -0.3 is 79.5 Å². The lowest BCUT2D eigenvalue weighted by atomic mass is 9.99. The third-order valence-electron chi connectivity index (χ3n) is 7.35. The minimum Gasteiger partial charge on any atom is -0.508 e. The van der Waals surface area contributed by atoms with Crippen LogP contribution >= 0.6 is 0 Å². The van der Waals surface area contributed by atoms with Gasteiger partial charge >= 0.3 is 0 Å². The second-order valence-corrected chi connectivity index (χ2v) is 10.2. The molecule has 0 saturated carbocycles. The van der Waals surface area contributed by atoms with Crippen molar-refractivity contribution in [3.8, 4) is 40.1 Å². The van der Waals surface area contributed by atoms with Crippen LogP contribution in [0.3, 0.4) is 0 Å². The van der Waals surface area contributed by atoms with Gasteiger partial charge in [-0.1, -0.05) is 0 Å². The fourth-order valence-corrected chi connectivity index (χ4v) is 4.86. The van der Waals surface area contributed by atoms with Crippen LogP contribution in [0.25, 0.3) is 22.3 Å². The summed E-state index contributed by atoms with van der Waals surface area (Å²) < 4.78 is 27.5. The predicted octanol–water partition coefficient (Wildman–Crippen LogP) is -3.07. The summed E-state index contributed by atoms with van der Waals surface area (Å²) in [7, 11) is 0. The van der Waals surface area contributed by atoms with Crippen molar-refractivity contribution in [2.24, 2.45) is 0 Å². The molecule has 17 nitrogen and oxygen atoms in total. The highest BCUT2D eigenvalue weighted by atomic mass is 16.7. The number of phenols is 3. The second-order valence-electron chi connectivity index (χ2n) is 10.2. The lowest BCUT2D eigenvalue weighted by molar-refractivity contribution is -0.279. The molecular formula is C27H30O17. The molecule has 3 aromatic rings. The summed E-state index contributed by atoms with van der Waals surface area (Å²) in [6.45, 7) is -1.67. The van der Waals surface area contributed by atoms with Crippen LogP contribution in [-0.4, -0.2) is 131 Å². The van der Waals surface area contributed by atoms with Gasteiger partial charge in [0.25, 0.3) is 0 Å². The highest BCUT2D eigenvalue weighted by Gasteiger charge is 2.47. The Labute approximate surface area is 246 Å². The van der Waals surface area contributed by atoms with Crippen LogP contribution in [0.2, 0.25) is 0 Å². The number of aliphatic hydroxyl groups excluding tert-OH is 8. The normalized spacial score (nSPS) is 32.5. The molecule has 240 valence electrons. The van der Waals surface area contributed by atoms with Crippen LogP contribution in [0.1, 0.15) is 0 Å². The Morgan fingerprint density at radius 2 is 1.16 bits per heavy atom. The van der Waals surface area contributed by atoms with Crippen molar-refractivity contribution in [3.05, 3.63) is 40.6 Å². The summed E-state index contributed by atoms with van der Waals surface area (Å²) in [5, 5.41) is 112. The Balaban J connectivity index is 1.67. The smallest absolute Gasteiger partial charge is 0.229 e. The molecule has 0 spiro atoms. The van der Waals surface area contributed by atoms with Crippen LogP contribution in [0.15, 0.2) is 39.5 Å². The molecule has 0 unspecified atom stereocenters. The molecule has 0 bridgehead atoms. The number of aliphatic hydroxyl groups is 8. The molecule has 44 heavy (non-hydrogen) atoms. The lowest BCUT2D eigenvalue weighted by Gasteiger charge is -2.40. The van der Waals surface area contributed by atoms with Crippen LogP contribution in [0.4, 0.5) is 0 Å². The summed E-state index contributed by atoms with van der Waals surface area (Å²) in [6, 6.07) is 6.29. The van der Waals surface area contributed by atoms with Crippen molar-refractivity contribution in [1.29, 1.82) is 0 Å². The minimum absolute atomic E-state index is 0.103. The number of ether oxygens (including phenoxy) is 4. The van der Waals surface area contributed by atoms with Gasteiger partial charge in [0.15, 0.2) is 16.8 Å². The van der Waals surface area contributed by atoms with Crippen molar-refractivity contribution >= 4 is 11.0 Å². The standard InChI is InChI=1S/C27H30O17/c28-6-12-15(32)18(35)20(37)26(41-12)43-24-17(34)14-10(31)5-11(8-1-3-9(30)4-2-8)40-23(14)25(22(24)39)44-27-21(38)19(36)16(33)13(7-29)42-27/h1-5,12-13,15-16,18-21,26-30,32-39H,6-7H2/t12-,13-,15-,16-,18+,19+,20-,21-,26+,27+/m1/s1. The van der Waals surface area contributed by atoms with Crippen molar-refractivity contribution in [3.63, 3.8) is 0 Å². The van der Waals surface area contributed by atoms with Crippen molar-refractivity contribution < 1.29 is 79.5 Å². The van der Waals surface area contributed by atoms with Crippen LogP contribution < -0.4 is 14.9 Å². The summed E-state index contributed by atoms with van der Waals surface area (Å²) >= 11 is 0. The maximum atomic E-state index is 13.3. The minimum atomic E-state index is -2.01. The van der Waals surface area contributed by atoms with Gasteiger partial charge in [0.2, 0.25) is 29.8 Å². The molecule has 11 N–H and O–H groups in total. The van der Waals surface area contributed by atoms with Gasteiger partial charge in [-0.05, 0) is 24.3 Å². The molecule has 2 aromatic carbocycles. The van der Waals surface area contributed by atoms with Gasteiger partial charge in [-0.2, -0.15) is 0 Å². The summed E-state index contributed by atoms with van der Waals surface area (Å²) in [6.07, 6.45) is -18.2. The van der Waals surface area contributed by atoms with E-state index in [0.29, 0.717) is 0 Å². The van der Waals surface area contributed by atoms with E-state index in [1.807, 2.05) is 0 Å². The molecule has 2 aliphatic rings. The number of aromatic hydroxyl groups is 3. The first-order valence-corrected chi connectivity index (χ1v) is 13.2. The predicted molar refractivity (Wildman–Crippen MR) is 142 cm³/mol. The van der Waals surface area contributed by atoms with Crippen molar-refractivity contribution in [2.75, 3.05) is 13.2 Å². The van der Waals surface area contributed by atoms with Crippen LogP contribution in [0.5, 0.6) is 28.7 Å². The first-order chi connectivity index (χ1) is 20.9. The number of hydrogen-bond acceptors (Lipinski definition) is 17. The van der Waals surface area contributed by atoms with Gasteiger partial charge in [0.05, 0.1) is 13.2 Å². The largest absolute Gasteiger partial charge is 0.508 e. The molecule has 1 aromatic heterocycles. The monoisotopic (exact) mass is 626 g/mol. The molecule has 0 aliphatic carbocycles. The van der Waals surface area contributed by atoms with Gasteiger partial charge in [0.1, 0.15) is 65.7 Å². The zero-order valence-corrected chi connectivity index (χ0v) is 22.4. The summed E-state index contributed by atoms with van der Waals surface area (Å²) in [5.74, 6) is -4.28. The van der Waals surface area contributed by atoms with E-state index in [0.717, 1.165) is 6.07 Å². The topological polar surface area (TPSA) is 290 Å². The van der Waals surface area contributed by atoms with E-state index in [4.69, 9.17) is 23.4 Å². The van der Waals surface area contributed by atoms with Crippen molar-refractivity contribution in [1.82, 2.24) is 0 Å². The molecule has 0 radical (unpaired) electrons. The highest BCUT2D eigenvalue weighted by Crippen LogP contribution is 2.51. The molecule has 17 heteroatoms. The zero-order chi connectivity index (χ0) is 32.0. The number of benzene rings is 2. The third-order valence-corrected chi connectivity index (χ3v) is 7.35. The maximum Gasteiger partial charge on any atom is 0.229 e. The van der Waals surface area contributed by atoms with E-state index in [-0.39, 0.29) is 17.1 Å². The van der Waals surface area contributed by atoms with E-state index in [1.165, 1.54) is 24.3 Å². The molecule has 2 saturated heterocycles. The fraction of sp³-hybridized carbons (Fsp3) is 0.444. The van der Waals surface area contributed by atoms with Gasteiger partial charge in [0, 0.05) is 11.6 Å². The third kappa shape index (κ3) is 5.50. The average Bonchev–Trinajstić information content (AvgIpc) is 3.01. The average molecular weight is 627 g/mol. The quantitative estimate of drug-likeness (QED) is 0.124. The van der Waals surface area contributed by atoms with Gasteiger partial charge in [-0.3, -0.25) is 4.79 Å². The van der Waals surface area contributed by atoms with Crippen LogP contribution in [0, 0.1) is 0 Å². The van der Waals surface area contributed by atoms with E-state index in [2.05, 4.69) is 0 Å². The molecule has 3 heterocycles. The molecule has 5 rings (SSSR count). The Morgan fingerprint density at radius 3 is 1.66 bits per heavy atom. The van der Waals surface area contributed by atoms with Gasteiger partial charge in [-0.25, -0.2) is 0 Å². The number of phenolic OH excluding ortho intramolecular Hbond substituents is 3. The van der Waals surface area contributed by atoms with Gasteiger partial charge in [-0.15, -0.1) is 0 Å². The fourth-order valence-electron chi connectivity index (χ4n) is 4.86. The molecule has 2 aliphatic heterocycles. The molecule has 2 fully saturated rings. The Morgan fingerprint density at radius 1 is 0.659 bits per heavy atom. The SMILES string of the molecule is O=c1cc(-c2ccc(O)cc2)oc2c(O[C@@H]3O[C@H](CO)[C@@H](O)[C@H](O)[C@H]3O)c(O)c(O[C@@H]3O[C@H](CO)[C@@H](O)[C@H](O)[C@H]3O)c(O)c12. The summed E-state index contributed by atoms with van der Waals surface area (Å²) in [4.78, 5) is 13.3. The highest BCUT2D eigenvalue weighted by molar-refractivity contribution is 5.95. The maximum absolute atomic E-state index is 13.3. The lowest BCUT2D eigenvalue weighted by Crippen LogP contribution is -2.60. The molecular weight excluding hydrogens is 596 g/mol. The van der Waals surface area contributed by atoms with Crippen molar-refractivity contribution in [2.45, 2.75) is 61.4 Å². The first kappa shape index (κ1) is 31.7. The number of fused-ring (bicyclic) bond motifs is 1. The van der Waals surface area contributed by atoms with E-state index in [1.54, 1.807) is 0 Å². The van der Waals surface area contributed by atoms with Crippen LogP contribution in [-0.2, 0) is 9.47 Å². The first-order valence-electron chi connectivity index (χ1n) is 13.2. The van der Waals surface area contributed by atoms with E-state index >= 15 is 0 Å². The molecule has 0 amide bonds. The summed E-state index contributed by atoms with van der Waals surface area (Å²) in [5.41, 5.74) is -1.33. The second kappa shape index (κ2) is 12.3. The number of rotatable bonds is 7. The Bertz CT molecular complexity index is 1540. The van der Waals surface area contributed by atoms with E-state index < -0.39 is 114 Å². The zero-order valence-electron chi connectivity index (χ0n) is 22.4. The van der Waals surface area contributed by atoms with E-state index in [9.17, 15) is 61.0 Å². The Hall–Kier alpha value is -3.75. The number of hydrogen-bond donors (Lipinski definition) is 11. The molecule has 10 atom stereocenters. The Kier molecular flexibility index (Phi) is 8.87.